The average molecular weight is 451 g/mol. The predicted octanol–water partition coefficient (Wildman–Crippen LogP) is 3.42. The number of hydrogen-bond donors (Lipinski definition) is 1. The summed E-state index contributed by atoms with van der Waals surface area (Å²) in [5.41, 5.74) is 1.03. The van der Waals surface area contributed by atoms with Crippen molar-refractivity contribution in [2.75, 3.05) is 32.8 Å². The maximum absolute atomic E-state index is 12.5. The van der Waals surface area contributed by atoms with Gasteiger partial charge in [-0.05, 0) is 54.7 Å². The minimum atomic E-state index is -5.08. The molecule has 1 amide bonds. The van der Waals surface area contributed by atoms with Crippen molar-refractivity contribution >= 4 is 23.2 Å². The Bertz CT molecular complexity index is 695. The number of halogens is 3. The van der Waals surface area contributed by atoms with Gasteiger partial charge in [-0.3, -0.25) is 4.79 Å². The first-order valence-electron chi connectivity index (χ1n) is 10.1. The van der Waals surface area contributed by atoms with Crippen LogP contribution >= 0.6 is 11.3 Å². The summed E-state index contributed by atoms with van der Waals surface area (Å²) in [6.07, 6.45) is -1.39. The van der Waals surface area contributed by atoms with Crippen molar-refractivity contribution in [1.29, 1.82) is 0 Å². The number of nitrogens with zero attached hydrogens (tertiary/aromatic N) is 2. The van der Waals surface area contributed by atoms with Crippen LogP contribution in [-0.4, -0.2) is 77.4 Å². The molecule has 2 aliphatic rings. The smallest absolute Gasteiger partial charge is 0.475 e. The number of carboxylic acids is 1. The summed E-state index contributed by atoms with van der Waals surface area (Å²) in [6, 6.07) is 2.65. The van der Waals surface area contributed by atoms with E-state index >= 15 is 0 Å². The van der Waals surface area contributed by atoms with Gasteiger partial charge in [-0.25, -0.2) is 4.79 Å². The molecule has 6 nitrogen and oxygen atoms in total. The fourth-order valence-electron chi connectivity index (χ4n) is 4.08. The molecule has 170 valence electrons. The normalized spacial score (nSPS) is 24.1. The van der Waals surface area contributed by atoms with Crippen LogP contribution in [0, 0.1) is 0 Å². The van der Waals surface area contributed by atoms with Crippen molar-refractivity contribution in [2.24, 2.45) is 0 Å². The van der Waals surface area contributed by atoms with Crippen molar-refractivity contribution < 1.29 is 32.6 Å². The molecule has 1 aromatic rings. The maximum Gasteiger partial charge on any atom is 0.490 e. The van der Waals surface area contributed by atoms with Gasteiger partial charge in [0.2, 0.25) is 5.91 Å². The number of carbonyl (C=O) groups excluding carboxylic acids is 1. The van der Waals surface area contributed by atoms with Crippen molar-refractivity contribution in [3.63, 3.8) is 0 Å². The van der Waals surface area contributed by atoms with Crippen LogP contribution in [0.25, 0.3) is 0 Å². The molecule has 2 fully saturated rings. The molecule has 2 aliphatic heterocycles. The van der Waals surface area contributed by atoms with Gasteiger partial charge in [0.05, 0.1) is 12.0 Å². The Labute approximate surface area is 178 Å². The Morgan fingerprint density at radius 2 is 2.03 bits per heavy atom. The van der Waals surface area contributed by atoms with Gasteiger partial charge in [-0.15, -0.1) is 0 Å². The largest absolute Gasteiger partial charge is 0.490 e. The molecule has 0 radical (unpaired) electrons. The van der Waals surface area contributed by atoms with E-state index < -0.39 is 12.1 Å². The second kappa shape index (κ2) is 10.6. The van der Waals surface area contributed by atoms with Crippen molar-refractivity contribution in [2.45, 2.75) is 57.3 Å². The van der Waals surface area contributed by atoms with Crippen LogP contribution in [0.3, 0.4) is 0 Å². The average Bonchev–Trinajstić information content (AvgIpc) is 3.33. The quantitative estimate of drug-likeness (QED) is 0.745. The number of alkyl halides is 3. The van der Waals surface area contributed by atoms with E-state index in [0.29, 0.717) is 12.5 Å². The molecule has 1 aromatic heterocycles. The monoisotopic (exact) mass is 450 g/mol. The number of carboxylic acid groups (broad SMARTS) is 1. The molecule has 30 heavy (non-hydrogen) atoms. The van der Waals surface area contributed by atoms with E-state index in [0.717, 1.165) is 57.6 Å². The Morgan fingerprint density at radius 3 is 2.57 bits per heavy atom. The van der Waals surface area contributed by atoms with Crippen LogP contribution in [0.4, 0.5) is 13.2 Å². The van der Waals surface area contributed by atoms with Crippen LogP contribution in [0.2, 0.25) is 0 Å². The molecule has 2 saturated heterocycles. The lowest BCUT2D eigenvalue weighted by atomic mass is 9.88. The van der Waals surface area contributed by atoms with Gasteiger partial charge < -0.3 is 19.6 Å². The van der Waals surface area contributed by atoms with E-state index in [-0.39, 0.29) is 11.5 Å². The van der Waals surface area contributed by atoms with Crippen LogP contribution in [-0.2, 0) is 20.7 Å². The second-order valence-corrected chi connectivity index (χ2v) is 8.36. The van der Waals surface area contributed by atoms with Gasteiger partial charge in [0.1, 0.15) is 0 Å². The Hall–Kier alpha value is -1.65. The first kappa shape index (κ1) is 24.6. The summed E-state index contributed by atoms with van der Waals surface area (Å²) in [4.78, 5) is 26.0. The summed E-state index contributed by atoms with van der Waals surface area (Å²) >= 11 is 1.65. The predicted molar refractivity (Wildman–Crippen MR) is 108 cm³/mol. The van der Waals surface area contributed by atoms with Crippen molar-refractivity contribution in [3.05, 3.63) is 22.4 Å². The number of rotatable bonds is 5. The molecule has 3 heterocycles. The van der Waals surface area contributed by atoms with E-state index in [1.54, 1.807) is 11.3 Å². The first-order valence-corrected chi connectivity index (χ1v) is 11.0. The Balaban J connectivity index is 0.000000396. The molecule has 1 spiro atoms. The molecule has 0 aromatic carbocycles. The molecular formula is C20H29F3N2O4S. The molecule has 0 bridgehead atoms. The minimum absolute atomic E-state index is 0.101. The van der Waals surface area contributed by atoms with E-state index in [4.69, 9.17) is 14.6 Å². The maximum atomic E-state index is 12.5. The fourth-order valence-corrected chi connectivity index (χ4v) is 4.74. The minimum Gasteiger partial charge on any atom is -0.475 e. The van der Waals surface area contributed by atoms with E-state index in [2.05, 4.69) is 24.1 Å². The Kier molecular flexibility index (Phi) is 8.69. The van der Waals surface area contributed by atoms with Crippen LogP contribution in [0.1, 0.15) is 38.7 Å². The lowest BCUT2D eigenvalue weighted by molar-refractivity contribution is -0.192. The fraction of sp³-hybridized carbons (Fsp3) is 0.700. The summed E-state index contributed by atoms with van der Waals surface area (Å²) in [6.45, 7) is 9.10. The van der Waals surface area contributed by atoms with Crippen LogP contribution in [0.5, 0.6) is 0 Å². The van der Waals surface area contributed by atoms with Gasteiger partial charge in [-0.1, -0.05) is 13.8 Å². The molecule has 10 heteroatoms. The molecule has 3 rings (SSSR count). The third kappa shape index (κ3) is 6.68. The number of likely N-dealkylation sites (tertiary alicyclic amines) is 1. The third-order valence-electron chi connectivity index (χ3n) is 5.64. The number of thiophene rings is 1. The summed E-state index contributed by atoms with van der Waals surface area (Å²) in [5, 5.41) is 11.2. The van der Waals surface area contributed by atoms with E-state index in [1.807, 2.05) is 16.3 Å². The highest BCUT2D eigenvalue weighted by atomic mass is 32.1. The SMILES string of the molecule is CCN(CC)[C@@H]1CCO[C@]2(CCN(C(=O)Cc3ccsc3)C2)C1.O=C(O)C(F)(F)F. The third-order valence-corrected chi connectivity index (χ3v) is 6.37. The molecule has 1 N–H and O–H groups in total. The zero-order valence-corrected chi connectivity index (χ0v) is 18.1. The van der Waals surface area contributed by atoms with E-state index in [1.165, 1.54) is 0 Å². The van der Waals surface area contributed by atoms with Gasteiger partial charge in [0.15, 0.2) is 0 Å². The molecular weight excluding hydrogens is 421 g/mol. The number of hydrogen-bond acceptors (Lipinski definition) is 5. The number of aliphatic carboxylic acids is 1. The number of amides is 1. The van der Waals surface area contributed by atoms with E-state index in [9.17, 15) is 18.0 Å². The lowest BCUT2D eigenvalue weighted by Crippen LogP contribution is -2.50. The highest BCUT2D eigenvalue weighted by Crippen LogP contribution is 2.36. The molecule has 0 aliphatic carbocycles. The summed E-state index contributed by atoms with van der Waals surface area (Å²) in [7, 11) is 0. The van der Waals surface area contributed by atoms with Gasteiger partial charge >= 0.3 is 12.1 Å². The summed E-state index contributed by atoms with van der Waals surface area (Å²) < 4.78 is 37.9. The summed E-state index contributed by atoms with van der Waals surface area (Å²) in [5.74, 6) is -2.51. The lowest BCUT2D eigenvalue weighted by Gasteiger charge is -2.42. The topological polar surface area (TPSA) is 70.1 Å². The second-order valence-electron chi connectivity index (χ2n) is 7.58. The van der Waals surface area contributed by atoms with Gasteiger partial charge in [0.25, 0.3) is 0 Å². The van der Waals surface area contributed by atoms with Crippen LogP contribution < -0.4 is 0 Å². The standard InChI is InChI=1S/C18H28N2O2S.C2HF3O2/c1-3-19(4-2)16-5-9-22-18(12-16)7-8-20(14-18)17(21)11-15-6-10-23-13-15;3-2(4,5)1(6)7/h6,10,13,16H,3-5,7-9,11-12,14H2,1-2H3;(H,6,7)/t16-,18-;/m1./s1. The molecule has 0 unspecified atom stereocenters. The molecule has 0 saturated carbocycles. The van der Waals surface area contributed by atoms with Crippen molar-refractivity contribution in [1.82, 2.24) is 9.80 Å². The number of carbonyl (C=O) groups is 2. The first-order chi connectivity index (χ1) is 14.1. The van der Waals surface area contributed by atoms with Crippen molar-refractivity contribution in [3.8, 4) is 0 Å². The number of ether oxygens (including phenoxy) is 1. The zero-order valence-electron chi connectivity index (χ0n) is 17.3. The Morgan fingerprint density at radius 1 is 1.37 bits per heavy atom. The van der Waals surface area contributed by atoms with Gasteiger partial charge in [0, 0.05) is 25.7 Å². The highest BCUT2D eigenvalue weighted by molar-refractivity contribution is 7.08. The molecule has 2 atom stereocenters. The highest BCUT2D eigenvalue weighted by Gasteiger charge is 2.45. The zero-order chi connectivity index (χ0) is 22.4. The van der Waals surface area contributed by atoms with Gasteiger partial charge in [-0.2, -0.15) is 24.5 Å². The van der Waals surface area contributed by atoms with Crippen LogP contribution in [0.15, 0.2) is 16.8 Å².